The molecule has 0 aromatic heterocycles. The van der Waals surface area contributed by atoms with E-state index in [1.165, 1.54) is 17.0 Å². The van der Waals surface area contributed by atoms with E-state index in [0.29, 0.717) is 30.2 Å². The number of sulfonamides is 1. The van der Waals surface area contributed by atoms with Crippen molar-refractivity contribution in [3.05, 3.63) is 115 Å². The first kappa shape index (κ1) is 32.1. The highest BCUT2D eigenvalue weighted by Gasteiger charge is 2.33. The fourth-order valence-electron chi connectivity index (χ4n) is 4.73. The number of nitrogens with one attached hydrogen (secondary N) is 1. The van der Waals surface area contributed by atoms with Crippen LogP contribution in [0, 0.1) is 0 Å². The lowest BCUT2D eigenvalue weighted by Gasteiger charge is -2.33. The lowest BCUT2D eigenvalue weighted by Crippen LogP contribution is -2.52. The predicted octanol–water partition coefficient (Wildman–Crippen LogP) is 5.63. The first-order chi connectivity index (χ1) is 21.3. The third-order valence-corrected chi connectivity index (χ3v) is 8.73. The molecule has 10 heteroatoms. The van der Waals surface area contributed by atoms with Crippen LogP contribution in [0.5, 0.6) is 17.2 Å². The molecule has 230 valence electrons. The van der Waals surface area contributed by atoms with Crippen LogP contribution in [0.3, 0.4) is 0 Å². The third-order valence-electron chi connectivity index (χ3n) is 6.94. The topological polar surface area (TPSA) is 105 Å². The molecule has 0 bridgehead atoms. The number of hydrogen-bond acceptors (Lipinski definition) is 6. The number of nitrogens with zero attached hydrogens (tertiary/aromatic N) is 2. The molecule has 0 heterocycles. The van der Waals surface area contributed by atoms with Gasteiger partial charge in [0.05, 0.1) is 17.7 Å². The maximum Gasteiger partial charge on any atom is 0.264 e. The van der Waals surface area contributed by atoms with Crippen LogP contribution < -0.4 is 19.1 Å². The van der Waals surface area contributed by atoms with Gasteiger partial charge in [0, 0.05) is 13.1 Å². The molecule has 1 unspecified atom stereocenters. The van der Waals surface area contributed by atoms with Crippen LogP contribution in [0.2, 0.25) is 0 Å². The molecule has 0 aliphatic heterocycles. The van der Waals surface area contributed by atoms with E-state index >= 15 is 0 Å². The maximum atomic E-state index is 14.2. The van der Waals surface area contributed by atoms with E-state index in [2.05, 4.69) is 5.32 Å². The first-order valence-electron chi connectivity index (χ1n) is 14.4. The van der Waals surface area contributed by atoms with Gasteiger partial charge in [-0.2, -0.15) is 0 Å². The Balaban J connectivity index is 1.71. The van der Waals surface area contributed by atoms with E-state index in [1.54, 1.807) is 74.7 Å². The summed E-state index contributed by atoms with van der Waals surface area (Å²) in [6.45, 7) is 3.56. The number of methoxy groups -OCH3 is 1. The maximum absolute atomic E-state index is 14.2. The number of anilines is 1. The Morgan fingerprint density at radius 3 is 2.02 bits per heavy atom. The van der Waals surface area contributed by atoms with Crippen LogP contribution in [0.4, 0.5) is 5.69 Å². The Bertz CT molecular complexity index is 1630. The zero-order valence-electron chi connectivity index (χ0n) is 25.1. The van der Waals surface area contributed by atoms with Crippen molar-refractivity contribution < 1.29 is 27.5 Å². The second kappa shape index (κ2) is 15.1. The first-order valence-corrected chi connectivity index (χ1v) is 15.8. The summed E-state index contributed by atoms with van der Waals surface area (Å²) in [6.07, 6.45) is 0.332. The number of amides is 2. The van der Waals surface area contributed by atoms with Crippen LogP contribution in [-0.4, -0.2) is 51.4 Å². The molecule has 4 aromatic rings. The molecule has 2 amide bonds. The normalized spacial score (nSPS) is 11.7. The molecule has 9 nitrogen and oxygen atoms in total. The van der Waals surface area contributed by atoms with Crippen LogP contribution in [-0.2, 0) is 26.2 Å². The van der Waals surface area contributed by atoms with Gasteiger partial charge in [-0.15, -0.1) is 0 Å². The second-order valence-electron chi connectivity index (χ2n) is 9.93. The summed E-state index contributed by atoms with van der Waals surface area (Å²) in [5, 5.41) is 2.80. The lowest BCUT2D eigenvalue weighted by atomic mass is 10.1. The second-order valence-corrected chi connectivity index (χ2v) is 11.8. The highest BCUT2D eigenvalue weighted by molar-refractivity contribution is 7.92. The van der Waals surface area contributed by atoms with E-state index in [4.69, 9.17) is 9.47 Å². The Labute approximate surface area is 259 Å². The minimum Gasteiger partial charge on any atom is -0.497 e. The Kier molecular flexibility index (Phi) is 11.0. The zero-order valence-corrected chi connectivity index (χ0v) is 25.9. The van der Waals surface area contributed by atoms with Gasteiger partial charge in [-0.25, -0.2) is 8.42 Å². The molecule has 0 saturated carbocycles. The van der Waals surface area contributed by atoms with Gasteiger partial charge in [-0.05, 0) is 79.6 Å². The van der Waals surface area contributed by atoms with Crippen molar-refractivity contribution in [3.8, 4) is 17.2 Å². The summed E-state index contributed by atoms with van der Waals surface area (Å²) in [4.78, 5) is 28.8. The molecular formula is C34H37N3O6S. The summed E-state index contributed by atoms with van der Waals surface area (Å²) < 4.78 is 40.3. The zero-order chi connectivity index (χ0) is 31.5. The minimum absolute atomic E-state index is 0.0347. The van der Waals surface area contributed by atoms with Gasteiger partial charge in [0.2, 0.25) is 11.8 Å². The van der Waals surface area contributed by atoms with E-state index in [0.717, 1.165) is 9.87 Å². The standard InChI is InChI=1S/C34H37N3O6S/c1-4-32(34(39)35-5-2)36(24-26-13-12-16-30(23-26)42-3)33(38)25-37(44(40,41)31-17-10-7-11-18-31)27-19-21-29(22-20-27)43-28-14-8-6-9-15-28/h6-23,32H,4-5,24-25H2,1-3H3,(H,35,39). The molecule has 44 heavy (non-hydrogen) atoms. The van der Waals surface area contributed by atoms with E-state index in [-0.39, 0.29) is 23.0 Å². The van der Waals surface area contributed by atoms with Crippen LogP contribution in [0.25, 0.3) is 0 Å². The molecule has 0 radical (unpaired) electrons. The Morgan fingerprint density at radius 2 is 1.41 bits per heavy atom. The van der Waals surface area contributed by atoms with Crippen molar-refractivity contribution in [1.29, 1.82) is 0 Å². The number of para-hydroxylation sites is 1. The number of benzene rings is 4. The highest BCUT2D eigenvalue weighted by Crippen LogP contribution is 2.29. The minimum atomic E-state index is -4.18. The van der Waals surface area contributed by atoms with Crippen LogP contribution >= 0.6 is 0 Å². The van der Waals surface area contributed by atoms with Crippen LogP contribution in [0.1, 0.15) is 25.8 Å². The Morgan fingerprint density at radius 1 is 0.795 bits per heavy atom. The van der Waals surface area contributed by atoms with Crippen molar-refractivity contribution in [2.24, 2.45) is 0 Å². The van der Waals surface area contributed by atoms with Gasteiger partial charge in [-0.3, -0.25) is 13.9 Å². The highest BCUT2D eigenvalue weighted by atomic mass is 32.2. The molecule has 0 saturated heterocycles. The van der Waals surface area contributed by atoms with Crippen molar-refractivity contribution in [1.82, 2.24) is 10.2 Å². The van der Waals surface area contributed by atoms with Gasteiger partial charge in [-0.1, -0.05) is 55.5 Å². The van der Waals surface area contributed by atoms with Crippen molar-refractivity contribution in [2.75, 3.05) is 24.5 Å². The van der Waals surface area contributed by atoms with Crippen molar-refractivity contribution in [2.45, 2.75) is 37.8 Å². The van der Waals surface area contributed by atoms with Gasteiger partial charge in [0.15, 0.2) is 0 Å². The average molecular weight is 616 g/mol. The molecule has 0 spiro atoms. The molecule has 0 aliphatic carbocycles. The molecule has 4 rings (SSSR count). The largest absolute Gasteiger partial charge is 0.497 e. The number of carbonyl (C=O) groups is 2. The quantitative estimate of drug-likeness (QED) is 0.197. The third kappa shape index (κ3) is 7.96. The fourth-order valence-corrected chi connectivity index (χ4v) is 6.17. The van der Waals surface area contributed by atoms with E-state index in [1.807, 2.05) is 43.3 Å². The fraction of sp³-hybridized carbons (Fsp3) is 0.235. The summed E-state index contributed by atoms with van der Waals surface area (Å²) >= 11 is 0. The van der Waals surface area contributed by atoms with Gasteiger partial charge in [0.1, 0.15) is 29.8 Å². The monoisotopic (exact) mass is 615 g/mol. The smallest absolute Gasteiger partial charge is 0.264 e. The summed E-state index contributed by atoms with van der Waals surface area (Å²) in [5.41, 5.74) is 1.01. The number of rotatable bonds is 14. The van der Waals surface area contributed by atoms with Crippen molar-refractivity contribution in [3.63, 3.8) is 0 Å². The van der Waals surface area contributed by atoms with E-state index in [9.17, 15) is 18.0 Å². The molecule has 0 aliphatic rings. The van der Waals surface area contributed by atoms with Gasteiger partial charge < -0.3 is 19.7 Å². The van der Waals surface area contributed by atoms with E-state index < -0.39 is 28.5 Å². The number of likely N-dealkylation sites (N-methyl/N-ethyl adjacent to an activating group) is 1. The Hall–Kier alpha value is -4.83. The number of hydrogen-bond donors (Lipinski definition) is 1. The molecular weight excluding hydrogens is 578 g/mol. The SMILES string of the molecule is CCNC(=O)C(CC)N(Cc1cccc(OC)c1)C(=O)CN(c1ccc(Oc2ccccc2)cc1)S(=O)(=O)c1ccccc1. The molecule has 0 fully saturated rings. The van der Waals surface area contributed by atoms with Crippen LogP contribution in [0.15, 0.2) is 114 Å². The van der Waals surface area contributed by atoms with Gasteiger partial charge >= 0.3 is 0 Å². The predicted molar refractivity (Wildman–Crippen MR) is 170 cm³/mol. The molecule has 1 N–H and O–H groups in total. The van der Waals surface area contributed by atoms with Gasteiger partial charge in [0.25, 0.3) is 10.0 Å². The lowest BCUT2D eigenvalue weighted by molar-refractivity contribution is -0.140. The molecule has 1 atom stereocenters. The number of ether oxygens (including phenoxy) is 2. The molecule has 4 aromatic carbocycles. The summed E-state index contributed by atoms with van der Waals surface area (Å²) in [6, 6.07) is 30.0. The van der Waals surface area contributed by atoms with Crippen molar-refractivity contribution >= 4 is 27.5 Å². The summed E-state index contributed by atoms with van der Waals surface area (Å²) in [5.74, 6) is 0.895. The number of carbonyl (C=O) groups excluding carboxylic acids is 2. The summed E-state index contributed by atoms with van der Waals surface area (Å²) in [7, 11) is -2.63. The average Bonchev–Trinajstić information content (AvgIpc) is 3.05.